The second-order valence-corrected chi connectivity index (χ2v) is 5.53. The molecule has 0 radical (unpaired) electrons. The predicted octanol–water partition coefficient (Wildman–Crippen LogP) is 2.08. The number of nitrogens with zero attached hydrogens (tertiary/aromatic N) is 2. The van der Waals surface area contributed by atoms with Crippen molar-refractivity contribution in [2.24, 2.45) is 0 Å². The number of aryl methyl sites for hydroxylation is 1. The lowest BCUT2D eigenvalue weighted by Crippen LogP contribution is -2.26. The number of ether oxygens (including phenoxy) is 1. The zero-order valence-electron chi connectivity index (χ0n) is 15.0. The summed E-state index contributed by atoms with van der Waals surface area (Å²) in [5.41, 5.74) is 1.20. The van der Waals surface area contributed by atoms with Crippen molar-refractivity contribution in [2.45, 2.75) is 26.8 Å². The third-order valence-corrected chi connectivity index (χ3v) is 3.65. The Morgan fingerprint density at radius 1 is 1.08 bits per heavy atom. The van der Waals surface area contributed by atoms with E-state index in [0.29, 0.717) is 29.9 Å². The van der Waals surface area contributed by atoms with Crippen molar-refractivity contribution in [2.75, 3.05) is 19.0 Å². The molecule has 2 amide bonds. The molecule has 0 aliphatic heterocycles. The Labute approximate surface area is 151 Å². The van der Waals surface area contributed by atoms with Crippen molar-refractivity contribution in [3.05, 3.63) is 47.3 Å². The molecule has 0 spiro atoms. The van der Waals surface area contributed by atoms with E-state index in [1.807, 2.05) is 13.8 Å². The monoisotopic (exact) mass is 358 g/mol. The maximum Gasteiger partial charge on any atom is 0.337 e. The largest absolute Gasteiger partial charge is 0.465 e. The first-order valence-electron chi connectivity index (χ1n) is 8.35. The average molecular weight is 358 g/mol. The maximum absolute atomic E-state index is 12.5. The van der Waals surface area contributed by atoms with Crippen molar-refractivity contribution in [3.8, 4) is 0 Å². The van der Waals surface area contributed by atoms with Crippen LogP contribution >= 0.6 is 0 Å². The Kier molecular flexibility index (Phi) is 6.48. The summed E-state index contributed by atoms with van der Waals surface area (Å²) in [7, 11) is 1.29. The van der Waals surface area contributed by atoms with Crippen LogP contribution in [0.25, 0.3) is 0 Å². The number of carbonyl (C=O) groups excluding carboxylic acids is 3. The molecule has 0 aliphatic carbocycles. The standard InChI is InChI=1S/C18H22N4O4/c1-4-10-19-17(24)15-14(11-22(5-2)21-15)20-16(23)12-6-8-13(9-7-12)18(25)26-3/h6-9,11H,4-5,10H2,1-3H3,(H,19,24)(H,20,23). The molecule has 2 rings (SSSR count). The summed E-state index contributed by atoms with van der Waals surface area (Å²) >= 11 is 0. The third-order valence-electron chi connectivity index (χ3n) is 3.65. The second kappa shape index (κ2) is 8.80. The predicted molar refractivity (Wildman–Crippen MR) is 96.3 cm³/mol. The van der Waals surface area contributed by atoms with Gasteiger partial charge in [-0.05, 0) is 37.6 Å². The van der Waals surface area contributed by atoms with Crippen LogP contribution in [0.5, 0.6) is 0 Å². The molecule has 1 aromatic heterocycles. The van der Waals surface area contributed by atoms with E-state index in [4.69, 9.17) is 0 Å². The smallest absolute Gasteiger partial charge is 0.337 e. The first kappa shape index (κ1) is 19.2. The van der Waals surface area contributed by atoms with Gasteiger partial charge in [-0.3, -0.25) is 14.3 Å². The van der Waals surface area contributed by atoms with Gasteiger partial charge >= 0.3 is 5.97 Å². The Morgan fingerprint density at radius 2 is 1.73 bits per heavy atom. The molecule has 1 aromatic carbocycles. The van der Waals surface area contributed by atoms with Gasteiger partial charge in [-0.25, -0.2) is 4.79 Å². The molecule has 0 bridgehead atoms. The van der Waals surface area contributed by atoms with E-state index in [2.05, 4.69) is 20.5 Å². The van der Waals surface area contributed by atoms with Gasteiger partial charge in [-0.15, -0.1) is 0 Å². The van der Waals surface area contributed by atoms with Gasteiger partial charge in [0, 0.05) is 24.8 Å². The minimum Gasteiger partial charge on any atom is -0.465 e. The van der Waals surface area contributed by atoms with Crippen LogP contribution in [0.4, 0.5) is 5.69 Å². The van der Waals surface area contributed by atoms with E-state index < -0.39 is 11.9 Å². The number of esters is 1. The highest BCUT2D eigenvalue weighted by Crippen LogP contribution is 2.16. The van der Waals surface area contributed by atoms with Crippen molar-refractivity contribution < 1.29 is 19.1 Å². The van der Waals surface area contributed by atoms with Crippen molar-refractivity contribution in [1.29, 1.82) is 0 Å². The number of anilines is 1. The molecular formula is C18H22N4O4. The Hall–Kier alpha value is -3.16. The fourth-order valence-corrected chi connectivity index (χ4v) is 2.23. The lowest BCUT2D eigenvalue weighted by Gasteiger charge is -2.06. The molecule has 8 nitrogen and oxygen atoms in total. The number of methoxy groups -OCH3 is 1. The van der Waals surface area contributed by atoms with Crippen molar-refractivity contribution in [3.63, 3.8) is 0 Å². The Bertz CT molecular complexity index is 796. The first-order chi connectivity index (χ1) is 12.5. The number of hydrogen-bond donors (Lipinski definition) is 2. The number of hydrogen-bond acceptors (Lipinski definition) is 5. The fourth-order valence-electron chi connectivity index (χ4n) is 2.23. The normalized spacial score (nSPS) is 10.3. The number of rotatable bonds is 7. The van der Waals surface area contributed by atoms with Gasteiger partial charge in [0.25, 0.3) is 11.8 Å². The quantitative estimate of drug-likeness (QED) is 0.738. The molecule has 2 aromatic rings. The lowest BCUT2D eigenvalue weighted by molar-refractivity contribution is 0.0600. The van der Waals surface area contributed by atoms with Crippen molar-refractivity contribution >= 4 is 23.5 Å². The van der Waals surface area contributed by atoms with E-state index >= 15 is 0 Å². The molecule has 1 heterocycles. The molecule has 0 aliphatic rings. The minimum atomic E-state index is -0.476. The first-order valence-corrected chi connectivity index (χ1v) is 8.35. The van der Waals surface area contributed by atoms with Crippen LogP contribution in [0, 0.1) is 0 Å². The van der Waals surface area contributed by atoms with Crippen LogP contribution in [-0.4, -0.2) is 41.2 Å². The SMILES string of the molecule is CCCNC(=O)c1nn(CC)cc1NC(=O)c1ccc(C(=O)OC)cc1. The van der Waals surface area contributed by atoms with Crippen LogP contribution in [-0.2, 0) is 11.3 Å². The van der Waals surface area contributed by atoms with E-state index in [1.54, 1.807) is 10.9 Å². The highest BCUT2D eigenvalue weighted by molar-refractivity contribution is 6.08. The molecule has 0 atom stereocenters. The summed E-state index contributed by atoms with van der Waals surface area (Å²) in [4.78, 5) is 36.1. The highest BCUT2D eigenvalue weighted by atomic mass is 16.5. The van der Waals surface area contributed by atoms with Crippen LogP contribution in [0.3, 0.4) is 0 Å². The van der Waals surface area contributed by atoms with Gasteiger partial charge in [-0.2, -0.15) is 5.10 Å². The van der Waals surface area contributed by atoms with Gasteiger partial charge in [0.2, 0.25) is 0 Å². The topological polar surface area (TPSA) is 102 Å². The summed E-state index contributed by atoms with van der Waals surface area (Å²) < 4.78 is 6.21. The summed E-state index contributed by atoms with van der Waals surface area (Å²) in [6, 6.07) is 6.04. The zero-order valence-corrected chi connectivity index (χ0v) is 15.0. The van der Waals surface area contributed by atoms with Gasteiger partial charge in [0.1, 0.15) is 0 Å². The van der Waals surface area contributed by atoms with E-state index in [1.165, 1.54) is 31.4 Å². The zero-order chi connectivity index (χ0) is 19.1. The van der Waals surface area contributed by atoms with Gasteiger partial charge < -0.3 is 15.4 Å². The molecule has 26 heavy (non-hydrogen) atoms. The summed E-state index contributed by atoms with van der Waals surface area (Å²) in [6.45, 7) is 4.93. The van der Waals surface area contributed by atoms with Crippen LogP contribution in [0.15, 0.2) is 30.5 Å². The average Bonchev–Trinajstić information content (AvgIpc) is 3.08. The van der Waals surface area contributed by atoms with Gasteiger partial charge in [0.05, 0.1) is 18.4 Å². The highest BCUT2D eigenvalue weighted by Gasteiger charge is 2.19. The lowest BCUT2D eigenvalue weighted by atomic mass is 10.1. The number of carbonyl (C=O) groups is 3. The maximum atomic E-state index is 12.5. The Balaban J connectivity index is 2.18. The van der Waals surface area contributed by atoms with Crippen LogP contribution in [0.1, 0.15) is 51.5 Å². The van der Waals surface area contributed by atoms with Crippen molar-refractivity contribution in [1.82, 2.24) is 15.1 Å². The molecule has 0 fully saturated rings. The molecule has 2 N–H and O–H groups in total. The second-order valence-electron chi connectivity index (χ2n) is 5.53. The van der Waals surface area contributed by atoms with Crippen LogP contribution in [0.2, 0.25) is 0 Å². The van der Waals surface area contributed by atoms with E-state index in [0.717, 1.165) is 6.42 Å². The summed E-state index contributed by atoms with van der Waals surface area (Å²) in [5, 5.41) is 9.66. The van der Waals surface area contributed by atoms with E-state index in [9.17, 15) is 14.4 Å². The number of nitrogens with one attached hydrogen (secondary N) is 2. The summed E-state index contributed by atoms with van der Waals surface area (Å²) in [5.74, 6) is -1.21. The minimum absolute atomic E-state index is 0.167. The van der Waals surface area contributed by atoms with E-state index in [-0.39, 0.29) is 11.6 Å². The molecule has 8 heteroatoms. The number of aromatic nitrogens is 2. The number of amides is 2. The van der Waals surface area contributed by atoms with Crippen LogP contribution < -0.4 is 10.6 Å². The third kappa shape index (κ3) is 4.47. The molecule has 138 valence electrons. The molecule has 0 saturated heterocycles. The summed E-state index contributed by atoms with van der Waals surface area (Å²) in [6.07, 6.45) is 2.41. The molecule has 0 saturated carbocycles. The van der Waals surface area contributed by atoms with Gasteiger partial charge in [-0.1, -0.05) is 6.92 Å². The number of benzene rings is 1. The fraction of sp³-hybridized carbons (Fsp3) is 0.333. The molecular weight excluding hydrogens is 336 g/mol. The van der Waals surface area contributed by atoms with Gasteiger partial charge in [0.15, 0.2) is 5.69 Å². The molecule has 0 unspecified atom stereocenters. The Morgan fingerprint density at radius 3 is 2.31 bits per heavy atom.